The van der Waals surface area contributed by atoms with Gasteiger partial charge >= 0.3 is 0 Å². The third kappa shape index (κ3) is 6.63. The molecule has 6 nitrogen and oxygen atoms in total. The normalized spacial score (nSPS) is 14.5. The fourth-order valence-electron chi connectivity index (χ4n) is 2.97. The zero-order valence-corrected chi connectivity index (χ0v) is 19.5. The van der Waals surface area contributed by atoms with E-state index in [1.54, 1.807) is 29.2 Å². The summed E-state index contributed by atoms with van der Waals surface area (Å²) in [5, 5.41) is 3.30. The molecule has 1 fully saturated rings. The van der Waals surface area contributed by atoms with Gasteiger partial charge in [0.25, 0.3) is 5.91 Å². The monoisotopic (exact) mass is 532 g/mol. The molecule has 0 saturated carbocycles. The summed E-state index contributed by atoms with van der Waals surface area (Å²) in [6.45, 7) is 6.04. The molecule has 1 aliphatic rings. The Morgan fingerprint density at radius 1 is 1.17 bits per heavy atom. The van der Waals surface area contributed by atoms with Crippen molar-refractivity contribution in [2.24, 2.45) is 4.99 Å². The van der Waals surface area contributed by atoms with Crippen LogP contribution in [0.2, 0.25) is 0 Å². The van der Waals surface area contributed by atoms with Gasteiger partial charge in [-0.05, 0) is 31.2 Å². The standard InChI is InChI=1S/C20H25FN4O2S.HI/c1-2-22-20(23-9-15-28-18-8-4-3-6-16(18)21)25-12-10-24(11-13-25)19(26)17-7-5-14-27-17;/h3-8,14H,2,9-13,15H2,1H3,(H,22,23);1H. The number of halogens is 2. The van der Waals surface area contributed by atoms with E-state index in [0.717, 1.165) is 12.5 Å². The smallest absolute Gasteiger partial charge is 0.289 e. The van der Waals surface area contributed by atoms with Crippen LogP contribution in [0.5, 0.6) is 0 Å². The number of carbonyl (C=O) groups excluding carboxylic acids is 1. The van der Waals surface area contributed by atoms with Gasteiger partial charge in [0.15, 0.2) is 11.7 Å². The van der Waals surface area contributed by atoms with Gasteiger partial charge in [-0.3, -0.25) is 9.79 Å². The molecule has 0 spiro atoms. The van der Waals surface area contributed by atoms with Crippen LogP contribution in [0.4, 0.5) is 4.39 Å². The highest BCUT2D eigenvalue weighted by Crippen LogP contribution is 2.20. The van der Waals surface area contributed by atoms with Gasteiger partial charge in [0.2, 0.25) is 0 Å². The number of nitrogens with zero attached hydrogens (tertiary/aromatic N) is 3. The molecule has 1 aromatic carbocycles. The van der Waals surface area contributed by atoms with E-state index in [0.29, 0.717) is 49.1 Å². The number of nitrogens with one attached hydrogen (secondary N) is 1. The molecule has 0 atom stereocenters. The quantitative estimate of drug-likeness (QED) is 0.203. The molecule has 0 bridgehead atoms. The fraction of sp³-hybridized carbons (Fsp3) is 0.400. The van der Waals surface area contributed by atoms with Gasteiger partial charge in [-0.1, -0.05) is 12.1 Å². The van der Waals surface area contributed by atoms with E-state index in [1.807, 2.05) is 13.0 Å². The summed E-state index contributed by atoms with van der Waals surface area (Å²) < 4.78 is 18.9. The number of guanidine groups is 1. The van der Waals surface area contributed by atoms with Crippen LogP contribution in [-0.4, -0.2) is 66.7 Å². The van der Waals surface area contributed by atoms with E-state index in [2.05, 4.69) is 15.2 Å². The van der Waals surface area contributed by atoms with Crippen LogP contribution in [0, 0.1) is 5.82 Å². The number of rotatable bonds is 6. The van der Waals surface area contributed by atoms with Gasteiger partial charge in [-0.25, -0.2) is 4.39 Å². The summed E-state index contributed by atoms with van der Waals surface area (Å²) in [5.74, 6) is 1.64. The van der Waals surface area contributed by atoms with Gasteiger partial charge in [0.1, 0.15) is 5.82 Å². The van der Waals surface area contributed by atoms with Crippen molar-refractivity contribution in [2.75, 3.05) is 45.0 Å². The van der Waals surface area contributed by atoms with Crippen LogP contribution in [0.1, 0.15) is 17.5 Å². The molecule has 1 aromatic heterocycles. The van der Waals surface area contributed by atoms with Crippen LogP contribution in [0.15, 0.2) is 57.0 Å². The maximum Gasteiger partial charge on any atom is 0.289 e. The first-order valence-electron chi connectivity index (χ1n) is 9.42. The molecular weight excluding hydrogens is 506 g/mol. The lowest BCUT2D eigenvalue weighted by Gasteiger charge is -2.36. The van der Waals surface area contributed by atoms with E-state index >= 15 is 0 Å². The molecule has 1 amide bonds. The highest BCUT2D eigenvalue weighted by atomic mass is 127. The van der Waals surface area contributed by atoms with Gasteiger partial charge < -0.3 is 19.5 Å². The van der Waals surface area contributed by atoms with Crippen LogP contribution in [-0.2, 0) is 0 Å². The fourth-order valence-corrected chi connectivity index (χ4v) is 3.76. The first kappa shape index (κ1) is 23.5. The molecule has 0 aliphatic carbocycles. The Morgan fingerprint density at radius 2 is 1.90 bits per heavy atom. The first-order valence-corrected chi connectivity index (χ1v) is 10.4. The maximum atomic E-state index is 13.7. The molecule has 2 aromatic rings. The number of carbonyl (C=O) groups is 1. The lowest BCUT2D eigenvalue weighted by atomic mass is 10.3. The van der Waals surface area contributed by atoms with Gasteiger partial charge in [-0.15, -0.1) is 35.7 Å². The molecule has 0 unspecified atom stereocenters. The Balaban J connectivity index is 0.00000300. The van der Waals surface area contributed by atoms with E-state index in [4.69, 9.17) is 4.42 Å². The van der Waals surface area contributed by atoms with Crippen molar-refractivity contribution in [1.29, 1.82) is 0 Å². The van der Waals surface area contributed by atoms with Gasteiger partial charge in [0.05, 0.1) is 12.8 Å². The number of hydrogen-bond donors (Lipinski definition) is 1. The molecule has 158 valence electrons. The maximum absolute atomic E-state index is 13.7. The van der Waals surface area contributed by atoms with Gasteiger partial charge in [0, 0.05) is 43.4 Å². The van der Waals surface area contributed by atoms with E-state index in [1.165, 1.54) is 24.1 Å². The summed E-state index contributed by atoms with van der Waals surface area (Å²) >= 11 is 1.46. The number of amides is 1. The number of hydrogen-bond acceptors (Lipinski definition) is 4. The van der Waals surface area contributed by atoms with Crippen LogP contribution >= 0.6 is 35.7 Å². The number of piperazine rings is 1. The second-order valence-corrected chi connectivity index (χ2v) is 7.41. The van der Waals surface area contributed by atoms with Crippen LogP contribution < -0.4 is 5.32 Å². The zero-order valence-electron chi connectivity index (χ0n) is 16.3. The number of benzene rings is 1. The minimum atomic E-state index is -0.194. The summed E-state index contributed by atoms with van der Waals surface area (Å²) in [7, 11) is 0. The number of thioether (sulfide) groups is 1. The molecule has 2 heterocycles. The minimum absolute atomic E-state index is 0. The molecule has 29 heavy (non-hydrogen) atoms. The molecule has 1 aliphatic heterocycles. The summed E-state index contributed by atoms with van der Waals surface area (Å²) in [6, 6.07) is 10.2. The third-order valence-electron chi connectivity index (χ3n) is 4.38. The van der Waals surface area contributed by atoms with Crippen molar-refractivity contribution in [1.82, 2.24) is 15.1 Å². The second-order valence-electron chi connectivity index (χ2n) is 6.27. The summed E-state index contributed by atoms with van der Waals surface area (Å²) in [4.78, 5) is 21.6. The Kier molecular flexibility index (Phi) is 9.79. The Labute approximate surface area is 191 Å². The molecule has 1 N–H and O–H groups in total. The van der Waals surface area contributed by atoms with Crippen LogP contribution in [0.25, 0.3) is 0 Å². The highest BCUT2D eigenvalue weighted by Gasteiger charge is 2.25. The van der Waals surface area contributed by atoms with Crippen molar-refractivity contribution >= 4 is 47.6 Å². The van der Waals surface area contributed by atoms with E-state index < -0.39 is 0 Å². The predicted octanol–water partition coefficient (Wildman–Crippen LogP) is 3.55. The molecule has 0 radical (unpaired) electrons. The summed E-state index contributed by atoms with van der Waals surface area (Å²) in [6.07, 6.45) is 1.51. The zero-order chi connectivity index (χ0) is 19.8. The van der Waals surface area contributed by atoms with E-state index in [-0.39, 0.29) is 35.7 Å². The Hall–Kier alpha value is -1.75. The van der Waals surface area contributed by atoms with Crippen molar-refractivity contribution in [3.05, 3.63) is 54.2 Å². The molecule has 3 rings (SSSR count). The topological polar surface area (TPSA) is 61.1 Å². The first-order chi connectivity index (χ1) is 13.7. The molecule has 1 saturated heterocycles. The molecular formula is C20H26FIN4O2S. The number of furan rings is 1. The van der Waals surface area contributed by atoms with Crippen molar-refractivity contribution in [2.45, 2.75) is 11.8 Å². The van der Waals surface area contributed by atoms with Gasteiger partial charge in [-0.2, -0.15) is 0 Å². The summed E-state index contributed by atoms with van der Waals surface area (Å²) in [5.41, 5.74) is 0. The van der Waals surface area contributed by atoms with Crippen molar-refractivity contribution in [3.63, 3.8) is 0 Å². The lowest BCUT2D eigenvalue weighted by molar-refractivity contribution is 0.0657. The second kappa shape index (κ2) is 12.1. The average molecular weight is 532 g/mol. The third-order valence-corrected chi connectivity index (χ3v) is 5.41. The van der Waals surface area contributed by atoms with Crippen LogP contribution in [0.3, 0.4) is 0 Å². The van der Waals surface area contributed by atoms with Crippen molar-refractivity contribution < 1.29 is 13.6 Å². The lowest BCUT2D eigenvalue weighted by Crippen LogP contribution is -2.53. The Morgan fingerprint density at radius 3 is 2.55 bits per heavy atom. The minimum Gasteiger partial charge on any atom is -0.459 e. The highest BCUT2D eigenvalue weighted by molar-refractivity contribution is 14.0. The Bertz CT molecular complexity index is 796. The SMILES string of the molecule is CCNC(=NCCSc1ccccc1F)N1CCN(C(=O)c2ccco2)CC1.I. The predicted molar refractivity (Wildman–Crippen MR) is 125 cm³/mol. The average Bonchev–Trinajstić information content (AvgIpc) is 3.26. The van der Waals surface area contributed by atoms with Crippen molar-refractivity contribution in [3.8, 4) is 0 Å². The van der Waals surface area contributed by atoms with E-state index in [9.17, 15) is 9.18 Å². The number of aliphatic imine (C=N–C) groups is 1. The molecule has 9 heteroatoms. The largest absolute Gasteiger partial charge is 0.459 e.